The van der Waals surface area contributed by atoms with Gasteiger partial charge in [0.05, 0.1) is 24.3 Å². The van der Waals surface area contributed by atoms with Gasteiger partial charge >= 0.3 is 0 Å². The highest BCUT2D eigenvalue weighted by atomic mass is 16.2. The van der Waals surface area contributed by atoms with Gasteiger partial charge < -0.3 is 9.80 Å². The van der Waals surface area contributed by atoms with Crippen molar-refractivity contribution in [2.24, 2.45) is 0 Å². The van der Waals surface area contributed by atoms with Gasteiger partial charge in [0, 0.05) is 33.0 Å². The van der Waals surface area contributed by atoms with Crippen molar-refractivity contribution in [1.82, 2.24) is 19.7 Å². The number of nitrogens with zero attached hydrogens (tertiary/aromatic N) is 5. The number of carbonyl (C=O) groups excluding carboxylic acids is 1. The van der Waals surface area contributed by atoms with E-state index in [2.05, 4.69) is 10.1 Å². The number of anilines is 1. The van der Waals surface area contributed by atoms with Gasteiger partial charge in [-0.25, -0.2) is 4.98 Å². The van der Waals surface area contributed by atoms with Crippen molar-refractivity contribution in [3.63, 3.8) is 0 Å². The minimum atomic E-state index is 0.0631. The fourth-order valence-electron chi connectivity index (χ4n) is 3.15. The molecular formula is C17H23N5O. The van der Waals surface area contributed by atoms with Crippen molar-refractivity contribution >= 4 is 11.7 Å². The number of aromatic nitrogens is 3. The summed E-state index contributed by atoms with van der Waals surface area (Å²) in [4.78, 5) is 21.2. The van der Waals surface area contributed by atoms with Crippen molar-refractivity contribution in [2.75, 3.05) is 25.5 Å². The maximum absolute atomic E-state index is 13.0. The molecule has 1 saturated heterocycles. The molecule has 1 amide bonds. The summed E-state index contributed by atoms with van der Waals surface area (Å²) in [6.45, 7) is 3.57. The van der Waals surface area contributed by atoms with Gasteiger partial charge in [0.15, 0.2) is 0 Å². The first kappa shape index (κ1) is 15.5. The van der Waals surface area contributed by atoms with Crippen LogP contribution in [0.5, 0.6) is 0 Å². The van der Waals surface area contributed by atoms with Gasteiger partial charge in [0.25, 0.3) is 5.91 Å². The van der Waals surface area contributed by atoms with Gasteiger partial charge in [-0.05, 0) is 37.5 Å². The van der Waals surface area contributed by atoms with E-state index >= 15 is 0 Å². The molecule has 0 aromatic carbocycles. The summed E-state index contributed by atoms with van der Waals surface area (Å²) < 4.78 is 1.93. The molecule has 0 aliphatic carbocycles. The Morgan fingerprint density at radius 1 is 1.43 bits per heavy atom. The third kappa shape index (κ3) is 3.21. The van der Waals surface area contributed by atoms with E-state index in [1.165, 1.54) is 0 Å². The number of likely N-dealkylation sites (tertiary alicyclic amines) is 1. The van der Waals surface area contributed by atoms with Crippen molar-refractivity contribution in [3.8, 4) is 0 Å². The van der Waals surface area contributed by atoms with Gasteiger partial charge in [0.1, 0.15) is 5.82 Å². The second-order valence-electron chi connectivity index (χ2n) is 6.30. The van der Waals surface area contributed by atoms with Gasteiger partial charge in [-0.2, -0.15) is 5.10 Å². The Morgan fingerprint density at radius 3 is 2.96 bits per heavy atom. The quantitative estimate of drug-likeness (QED) is 0.866. The number of hydrogen-bond acceptors (Lipinski definition) is 4. The van der Waals surface area contributed by atoms with Crippen LogP contribution in [0, 0.1) is 6.92 Å². The lowest BCUT2D eigenvalue weighted by Crippen LogP contribution is -2.38. The lowest BCUT2D eigenvalue weighted by atomic mass is 10.1. The lowest BCUT2D eigenvalue weighted by Gasteiger charge is -2.26. The van der Waals surface area contributed by atoms with Crippen molar-refractivity contribution < 1.29 is 4.79 Å². The Bertz CT molecular complexity index is 694. The molecule has 1 fully saturated rings. The molecule has 0 spiro atoms. The minimum Gasteiger partial charge on any atom is -0.362 e. The molecule has 2 aromatic rings. The highest BCUT2D eigenvalue weighted by Crippen LogP contribution is 2.24. The SMILES string of the molecule is Cc1cnn(CC2CCCN2C(=O)c2cccnc2N(C)C)c1. The van der Waals surface area contributed by atoms with Crippen LogP contribution in [-0.2, 0) is 6.54 Å². The van der Waals surface area contributed by atoms with Crippen LogP contribution in [0.4, 0.5) is 5.82 Å². The van der Waals surface area contributed by atoms with Crippen molar-refractivity contribution in [2.45, 2.75) is 32.4 Å². The molecule has 0 saturated carbocycles. The Hall–Kier alpha value is -2.37. The topological polar surface area (TPSA) is 54.3 Å². The molecular weight excluding hydrogens is 290 g/mol. The second-order valence-corrected chi connectivity index (χ2v) is 6.30. The summed E-state index contributed by atoms with van der Waals surface area (Å²) in [6.07, 6.45) is 7.65. The van der Waals surface area contributed by atoms with E-state index in [4.69, 9.17) is 0 Å². The Kier molecular flexibility index (Phi) is 4.32. The number of hydrogen-bond donors (Lipinski definition) is 0. The van der Waals surface area contributed by atoms with Crippen LogP contribution >= 0.6 is 0 Å². The number of pyridine rings is 1. The molecule has 122 valence electrons. The Labute approximate surface area is 136 Å². The number of carbonyl (C=O) groups is 1. The fourth-order valence-corrected chi connectivity index (χ4v) is 3.15. The van der Waals surface area contributed by atoms with Crippen LogP contribution in [0.2, 0.25) is 0 Å². The fraction of sp³-hybridized carbons (Fsp3) is 0.471. The summed E-state index contributed by atoms with van der Waals surface area (Å²) >= 11 is 0. The molecule has 1 aliphatic heterocycles. The van der Waals surface area contributed by atoms with Crippen LogP contribution in [-0.4, -0.2) is 52.3 Å². The maximum atomic E-state index is 13.0. The predicted octanol–water partition coefficient (Wildman–Crippen LogP) is 1.96. The Morgan fingerprint density at radius 2 is 2.26 bits per heavy atom. The molecule has 1 unspecified atom stereocenters. The molecule has 1 aliphatic rings. The zero-order valence-corrected chi connectivity index (χ0v) is 13.9. The first-order chi connectivity index (χ1) is 11.1. The molecule has 0 N–H and O–H groups in total. The van der Waals surface area contributed by atoms with E-state index in [1.807, 2.05) is 60.0 Å². The van der Waals surface area contributed by atoms with Crippen LogP contribution < -0.4 is 4.90 Å². The third-order valence-electron chi connectivity index (χ3n) is 4.24. The average Bonchev–Trinajstić information content (AvgIpc) is 3.16. The predicted molar refractivity (Wildman–Crippen MR) is 89.6 cm³/mol. The highest BCUT2D eigenvalue weighted by Gasteiger charge is 2.31. The molecule has 1 atom stereocenters. The second kappa shape index (κ2) is 6.40. The van der Waals surface area contributed by atoms with Gasteiger partial charge in [-0.15, -0.1) is 0 Å². The summed E-state index contributed by atoms with van der Waals surface area (Å²) in [5, 5.41) is 4.35. The maximum Gasteiger partial charge on any atom is 0.257 e. The van der Waals surface area contributed by atoms with Gasteiger partial charge in [0.2, 0.25) is 0 Å². The molecule has 3 heterocycles. The van der Waals surface area contributed by atoms with Crippen LogP contribution in [0.1, 0.15) is 28.8 Å². The smallest absolute Gasteiger partial charge is 0.257 e. The molecule has 23 heavy (non-hydrogen) atoms. The van der Waals surface area contributed by atoms with E-state index in [0.717, 1.165) is 37.3 Å². The molecule has 3 rings (SSSR count). The monoisotopic (exact) mass is 313 g/mol. The zero-order chi connectivity index (χ0) is 16.4. The number of amides is 1. The highest BCUT2D eigenvalue weighted by molar-refractivity contribution is 5.99. The van der Waals surface area contributed by atoms with Crippen molar-refractivity contribution in [1.29, 1.82) is 0 Å². The molecule has 0 bridgehead atoms. The first-order valence-corrected chi connectivity index (χ1v) is 7.98. The molecule has 0 radical (unpaired) electrons. The van der Waals surface area contributed by atoms with Gasteiger partial charge in [-0.3, -0.25) is 9.48 Å². The van der Waals surface area contributed by atoms with E-state index in [9.17, 15) is 4.79 Å². The Balaban J connectivity index is 1.81. The third-order valence-corrected chi connectivity index (χ3v) is 4.24. The van der Waals surface area contributed by atoms with Crippen LogP contribution in [0.15, 0.2) is 30.7 Å². The van der Waals surface area contributed by atoms with E-state index in [1.54, 1.807) is 6.20 Å². The molecule has 6 heteroatoms. The minimum absolute atomic E-state index is 0.0631. The average molecular weight is 313 g/mol. The molecule has 2 aromatic heterocycles. The largest absolute Gasteiger partial charge is 0.362 e. The lowest BCUT2D eigenvalue weighted by molar-refractivity contribution is 0.0722. The molecule has 6 nitrogen and oxygen atoms in total. The summed E-state index contributed by atoms with van der Waals surface area (Å²) in [5.74, 6) is 0.784. The normalized spacial score (nSPS) is 17.5. The van der Waals surface area contributed by atoms with Crippen LogP contribution in [0.3, 0.4) is 0 Å². The zero-order valence-electron chi connectivity index (χ0n) is 13.9. The standard InChI is InChI=1S/C17H23N5O/c1-13-10-19-21(11-13)12-14-6-5-9-22(14)17(23)15-7-4-8-18-16(15)20(2)3/h4,7-8,10-11,14H,5-6,9,12H2,1-3H3. The first-order valence-electron chi connectivity index (χ1n) is 7.98. The number of aryl methyl sites for hydroxylation is 1. The van der Waals surface area contributed by atoms with Crippen molar-refractivity contribution in [3.05, 3.63) is 41.9 Å². The van der Waals surface area contributed by atoms with E-state index in [0.29, 0.717) is 5.56 Å². The van der Waals surface area contributed by atoms with E-state index < -0.39 is 0 Å². The van der Waals surface area contributed by atoms with Gasteiger partial charge in [-0.1, -0.05) is 0 Å². The van der Waals surface area contributed by atoms with E-state index in [-0.39, 0.29) is 11.9 Å². The summed E-state index contributed by atoms with van der Waals surface area (Å²) in [5.41, 5.74) is 1.81. The number of rotatable bonds is 4. The summed E-state index contributed by atoms with van der Waals surface area (Å²) in [6, 6.07) is 3.87. The van der Waals surface area contributed by atoms with Crippen LogP contribution in [0.25, 0.3) is 0 Å². The summed E-state index contributed by atoms with van der Waals surface area (Å²) in [7, 11) is 3.82.